The molecular formula is C15H21NO3. The number of likely N-dealkylation sites (tertiary alicyclic amines) is 1. The number of piperidine rings is 1. The molecule has 2 heterocycles. The summed E-state index contributed by atoms with van der Waals surface area (Å²) in [7, 11) is 0. The van der Waals surface area contributed by atoms with E-state index in [1.54, 1.807) is 0 Å². The first kappa shape index (κ1) is 12.7. The lowest BCUT2D eigenvalue weighted by molar-refractivity contribution is 0.0340. The predicted molar refractivity (Wildman–Crippen MR) is 71.0 cm³/mol. The van der Waals surface area contributed by atoms with Gasteiger partial charge in [0.15, 0.2) is 0 Å². The number of carbonyl (C=O) groups excluding carboxylic acids is 1. The van der Waals surface area contributed by atoms with Gasteiger partial charge in [-0.25, -0.2) is 0 Å². The zero-order chi connectivity index (χ0) is 13.6. The number of aryl methyl sites for hydroxylation is 2. The number of furan rings is 1. The average molecular weight is 263 g/mol. The largest absolute Gasteiger partial charge is 0.466 e. The highest BCUT2D eigenvalue weighted by Gasteiger charge is 2.48. The van der Waals surface area contributed by atoms with Crippen LogP contribution in [0.2, 0.25) is 0 Å². The maximum Gasteiger partial charge on any atom is 0.257 e. The highest BCUT2D eigenvalue weighted by Crippen LogP contribution is 2.46. The Morgan fingerprint density at radius 3 is 2.47 bits per heavy atom. The molecule has 1 aliphatic carbocycles. The third-order valence-corrected chi connectivity index (χ3v) is 4.58. The third-order valence-electron chi connectivity index (χ3n) is 4.58. The molecule has 1 saturated carbocycles. The Morgan fingerprint density at radius 1 is 1.37 bits per heavy atom. The fourth-order valence-electron chi connectivity index (χ4n) is 3.17. The van der Waals surface area contributed by atoms with E-state index in [-0.39, 0.29) is 5.91 Å². The van der Waals surface area contributed by atoms with Gasteiger partial charge >= 0.3 is 0 Å². The maximum atomic E-state index is 12.4. The van der Waals surface area contributed by atoms with Crippen LogP contribution in [0.3, 0.4) is 0 Å². The van der Waals surface area contributed by atoms with E-state index in [2.05, 4.69) is 0 Å². The van der Waals surface area contributed by atoms with Crippen LogP contribution in [0, 0.1) is 19.8 Å². The van der Waals surface area contributed by atoms with Gasteiger partial charge in [-0.05, 0) is 51.5 Å². The number of nitrogens with zero attached hydrogens (tertiary/aromatic N) is 1. The first-order chi connectivity index (χ1) is 8.99. The highest BCUT2D eigenvalue weighted by atomic mass is 16.3. The Balaban J connectivity index is 1.65. The van der Waals surface area contributed by atoms with E-state index >= 15 is 0 Å². The van der Waals surface area contributed by atoms with Crippen LogP contribution in [0.4, 0.5) is 0 Å². The molecule has 4 nitrogen and oxygen atoms in total. The Hall–Kier alpha value is -1.29. The Labute approximate surface area is 113 Å². The number of carbonyl (C=O) groups is 1. The molecule has 0 bridgehead atoms. The van der Waals surface area contributed by atoms with Gasteiger partial charge < -0.3 is 14.4 Å². The smallest absolute Gasteiger partial charge is 0.257 e. The summed E-state index contributed by atoms with van der Waals surface area (Å²) in [6.07, 6.45) is 3.70. The van der Waals surface area contributed by atoms with Gasteiger partial charge in [0.25, 0.3) is 5.91 Å². The van der Waals surface area contributed by atoms with Gasteiger partial charge in [-0.15, -0.1) is 0 Å². The van der Waals surface area contributed by atoms with E-state index in [0.717, 1.165) is 44.5 Å². The lowest BCUT2D eigenvalue weighted by Gasteiger charge is -2.34. The molecule has 19 heavy (non-hydrogen) atoms. The van der Waals surface area contributed by atoms with Crippen LogP contribution in [-0.4, -0.2) is 34.6 Å². The van der Waals surface area contributed by atoms with Crippen LogP contribution in [-0.2, 0) is 0 Å². The Morgan fingerprint density at radius 2 is 2.00 bits per heavy atom. The fraction of sp³-hybridized carbons (Fsp3) is 0.667. The lowest BCUT2D eigenvalue weighted by Crippen LogP contribution is -2.41. The summed E-state index contributed by atoms with van der Waals surface area (Å²) in [6, 6.07) is 1.82. The second kappa shape index (κ2) is 4.37. The summed E-state index contributed by atoms with van der Waals surface area (Å²) in [5.41, 5.74) is 0.276. The summed E-state index contributed by atoms with van der Waals surface area (Å²) < 4.78 is 5.42. The quantitative estimate of drug-likeness (QED) is 0.890. The van der Waals surface area contributed by atoms with E-state index in [0.29, 0.717) is 17.2 Å². The second-order valence-electron chi connectivity index (χ2n) is 6.00. The Kier molecular flexibility index (Phi) is 2.93. The number of hydrogen-bond acceptors (Lipinski definition) is 3. The standard InChI is InChI=1S/C15H21NO3/c1-10-9-13(11(2)19-10)14(17)16-7-3-12(4-8-16)15(18)5-6-15/h9,12,18H,3-8H2,1-2H3. The number of rotatable bonds is 2. The molecule has 1 saturated heterocycles. The SMILES string of the molecule is Cc1cc(C(=O)N2CCC(C3(O)CC3)CC2)c(C)o1. The van der Waals surface area contributed by atoms with Crippen LogP contribution in [0.15, 0.2) is 10.5 Å². The first-order valence-electron chi connectivity index (χ1n) is 7.08. The second-order valence-corrected chi connectivity index (χ2v) is 6.00. The van der Waals surface area contributed by atoms with Gasteiger partial charge in [-0.2, -0.15) is 0 Å². The molecule has 0 unspecified atom stereocenters. The average Bonchev–Trinajstić information content (AvgIpc) is 3.05. The van der Waals surface area contributed by atoms with E-state index in [1.165, 1.54) is 0 Å². The summed E-state index contributed by atoms with van der Waals surface area (Å²) in [5, 5.41) is 10.1. The van der Waals surface area contributed by atoms with E-state index in [1.807, 2.05) is 24.8 Å². The minimum Gasteiger partial charge on any atom is -0.466 e. The predicted octanol–water partition coefficient (Wildman–Crippen LogP) is 2.27. The van der Waals surface area contributed by atoms with Crippen molar-refractivity contribution >= 4 is 5.91 Å². The molecular weight excluding hydrogens is 242 g/mol. The molecule has 0 atom stereocenters. The maximum absolute atomic E-state index is 12.4. The van der Waals surface area contributed by atoms with Gasteiger partial charge in [0.2, 0.25) is 0 Å². The van der Waals surface area contributed by atoms with Crippen molar-refractivity contribution in [1.29, 1.82) is 0 Å². The minimum atomic E-state index is -0.405. The molecule has 1 N–H and O–H groups in total. The molecule has 1 aromatic heterocycles. The van der Waals surface area contributed by atoms with Gasteiger partial charge in [-0.3, -0.25) is 4.79 Å². The number of aliphatic hydroxyl groups is 1. The fourth-order valence-corrected chi connectivity index (χ4v) is 3.17. The van der Waals surface area contributed by atoms with Gasteiger partial charge in [0, 0.05) is 13.1 Å². The lowest BCUT2D eigenvalue weighted by atomic mass is 9.89. The van der Waals surface area contributed by atoms with Crippen molar-refractivity contribution in [2.45, 2.75) is 45.1 Å². The zero-order valence-corrected chi connectivity index (χ0v) is 11.6. The van der Waals surface area contributed by atoms with Crippen LogP contribution in [0.1, 0.15) is 47.6 Å². The van der Waals surface area contributed by atoms with Crippen molar-refractivity contribution in [2.24, 2.45) is 5.92 Å². The number of hydrogen-bond donors (Lipinski definition) is 1. The van der Waals surface area contributed by atoms with Gasteiger partial charge in [0.1, 0.15) is 11.5 Å². The summed E-state index contributed by atoms with van der Waals surface area (Å²) >= 11 is 0. The summed E-state index contributed by atoms with van der Waals surface area (Å²) in [4.78, 5) is 14.3. The van der Waals surface area contributed by atoms with Crippen LogP contribution < -0.4 is 0 Å². The van der Waals surface area contributed by atoms with E-state index in [9.17, 15) is 9.90 Å². The Bertz CT molecular complexity index is 493. The van der Waals surface area contributed by atoms with Crippen molar-refractivity contribution < 1.29 is 14.3 Å². The van der Waals surface area contributed by atoms with E-state index in [4.69, 9.17) is 4.42 Å². The molecule has 3 rings (SSSR count). The molecule has 104 valence electrons. The van der Waals surface area contributed by atoms with Crippen molar-refractivity contribution in [3.05, 3.63) is 23.2 Å². The van der Waals surface area contributed by atoms with Crippen LogP contribution >= 0.6 is 0 Å². The monoisotopic (exact) mass is 263 g/mol. The first-order valence-corrected chi connectivity index (χ1v) is 7.08. The van der Waals surface area contributed by atoms with Crippen LogP contribution in [0.5, 0.6) is 0 Å². The van der Waals surface area contributed by atoms with Crippen LogP contribution in [0.25, 0.3) is 0 Å². The van der Waals surface area contributed by atoms with Gasteiger partial charge in [-0.1, -0.05) is 0 Å². The molecule has 2 fully saturated rings. The molecule has 0 spiro atoms. The normalized spacial score (nSPS) is 22.6. The zero-order valence-electron chi connectivity index (χ0n) is 11.6. The highest BCUT2D eigenvalue weighted by molar-refractivity contribution is 5.95. The van der Waals surface area contributed by atoms with Gasteiger partial charge in [0.05, 0.1) is 11.2 Å². The molecule has 4 heteroatoms. The third kappa shape index (κ3) is 2.29. The number of amides is 1. The van der Waals surface area contributed by atoms with Crippen molar-refractivity contribution in [1.82, 2.24) is 4.90 Å². The molecule has 1 amide bonds. The molecule has 1 aromatic rings. The minimum absolute atomic E-state index is 0.0654. The molecule has 0 aromatic carbocycles. The van der Waals surface area contributed by atoms with E-state index < -0.39 is 5.60 Å². The van der Waals surface area contributed by atoms with Crippen molar-refractivity contribution in [3.63, 3.8) is 0 Å². The topological polar surface area (TPSA) is 53.7 Å². The van der Waals surface area contributed by atoms with Crippen molar-refractivity contribution in [2.75, 3.05) is 13.1 Å². The summed E-state index contributed by atoms with van der Waals surface area (Å²) in [5.74, 6) is 1.92. The molecule has 1 aliphatic heterocycles. The summed E-state index contributed by atoms with van der Waals surface area (Å²) in [6.45, 7) is 5.18. The molecule has 2 aliphatic rings. The van der Waals surface area contributed by atoms with Crippen molar-refractivity contribution in [3.8, 4) is 0 Å². The molecule has 0 radical (unpaired) electrons.